The van der Waals surface area contributed by atoms with Crippen molar-refractivity contribution in [1.29, 1.82) is 0 Å². The van der Waals surface area contributed by atoms with Gasteiger partial charge in [0.25, 0.3) is 10.1 Å². The monoisotopic (exact) mass is 458 g/mol. The first-order chi connectivity index (χ1) is 14.9. The fourth-order valence-electron chi connectivity index (χ4n) is 3.14. The van der Waals surface area contributed by atoms with Crippen molar-refractivity contribution in [2.24, 2.45) is 10.2 Å². The van der Waals surface area contributed by atoms with Crippen LogP contribution in [0.4, 0.5) is 17.1 Å². The Labute approximate surface area is 207 Å². The van der Waals surface area contributed by atoms with E-state index in [2.05, 4.69) is 15.2 Å². The zero-order valence-electron chi connectivity index (χ0n) is 16.4. The van der Waals surface area contributed by atoms with Crippen LogP contribution in [0.25, 0.3) is 22.0 Å². The number of fused-ring (bicyclic) bond motifs is 1. The summed E-state index contributed by atoms with van der Waals surface area (Å²) < 4.78 is 38.4. The zero-order valence-corrected chi connectivity index (χ0v) is 17.2. The van der Waals surface area contributed by atoms with Crippen molar-refractivity contribution in [3.63, 3.8) is 0 Å². The molecular formula is C22H19N4NaO4S. The number of nitrogen functional groups attached to an aromatic ring is 1. The van der Waals surface area contributed by atoms with Crippen molar-refractivity contribution in [3.8, 4) is 17.0 Å². The van der Waals surface area contributed by atoms with Gasteiger partial charge in [-0.25, -0.2) is 0 Å². The van der Waals surface area contributed by atoms with Crippen molar-refractivity contribution < 1.29 is 17.7 Å². The van der Waals surface area contributed by atoms with Crippen LogP contribution in [-0.4, -0.2) is 54.6 Å². The summed E-state index contributed by atoms with van der Waals surface area (Å²) in [5, 5.41) is 8.98. The zero-order chi connectivity index (χ0) is 22.0. The summed E-state index contributed by atoms with van der Waals surface area (Å²) in [5.41, 5.74) is 8.68. The standard InChI is InChI=1S/C22H18N4O4S.Na.H/c1-30-16-9-6-14(7-10-16)19-11-8-15(13-24-19)25-26-20-12-21(31(27,28)29)17-4-2-3-5-18(17)22(20)23;;/h2-13H,23H2,1H3,(H,27,28,29);;. The molecule has 0 atom stereocenters. The van der Waals surface area contributed by atoms with Gasteiger partial charge in [-0.2, -0.15) is 8.42 Å². The van der Waals surface area contributed by atoms with Gasteiger partial charge in [0.1, 0.15) is 22.0 Å². The van der Waals surface area contributed by atoms with E-state index in [1.54, 1.807) is 49.7 Å². The van der Waals surface area contributed by atoms with Crippen molar-refractivity contribution in [1.82, 2.24) is 4.98 Å². The summed E-state index contributed by atoms with van der Waals surface area (Å²) in [4.78, 5) is 4.11. The van der Waals surface area contributed by atoms with Crippen molar-refractivity contribution in [3.05, 3.63) is 72.9 Å². The normalized spacial score (nSPS) is 11.4. The van der Waals surface area contributed by atoms with Gasteiger partial charge in [0.15, 0.2) is 0 Å². The predicted molar refractivity (Wildman–Crippen MR) is 126 cm³/mol. The van der Waals surface area contributed by atoms with Crippen LogP contribution < -0.4 is 10.5 Å². The van der Waals surface area contributed by atoms with Gasteiger partial charge in [0.2, 0.25) is 0 Å². The molecule has 10 heteroatoms. The molecule has 0 saturated carbocycles. The van der Waals surface area contributed by atoms with Gasteiger partial charge < -0.3 is 10.5 Å². The number of ether oxygens (including phenoxy) is 1. The second-order valence-electron chi connectivity index (χ2n) is 6.66. The second kappa shape index (κ2) is 9.76. The third kappa shape index (κ3) is 4.98. The number of methoxy groups -OCH3 is 1. The summed E-state index contributed by atoms with van der Waals surface area (Å²) >= 11 is 0. The number of anilines is 1. The van der Waals surface area contributed by atoms with Crippen LogP contribution >= 0.6 is 0 Å². The number of hydrogen-bond acceptors (Lipinski definition) is 7. The molecule has 0 amide bonds. The van der Waals surface area contributed by atoms with Crippen LogP contribution in [0, 0.1) is 0 Å². The molecule has 1 heterocycles. The van der Waals surface area contributed by atoms with Gasteiger partial charge >= 0.3 is 29.6 Å². The minimum absolute atomic E-state index is 0. The maximum atomic E-state index is 11.8. The first kappa shape index (κ1) is 23.8. The third-order valence-corrected chi connectivity index (χ3v) is 5.60. The average molecular weight is 458 g/mol. The number of pyridine rings is 1. The Kier molecular flexibility index (Phi) is 7.27. The molecule has 0 aliphatic rings. The average Bonchev–Trinajstić information content (AvgIpc) is 2.78. The molecule has 3 N–H and O–H groups in total. The molecule has 32 heavy (non-hydrogen) atoms. The van der Waals surface area contributed by atoms with E-state index >= 15 is 0 Å². The second-order valence-corrected chi connectivity index (χ2v) is 8.05. The quantitative estimate of drug-likeness (QED) is 0.196. The maximum absolute atomic E-state index is 11.8. The first-order valence-electron chi connectivity index (χ1n) is 9.18. The molecule has 1 aromatic heterocycles. The summed E-state index contributed by atoms with van der Waals surface area (Å²) in [7, 11) is -2.87. The summed E-state index contributed by atoms with van der Waals surface area (Å²) in [6.07, 6.45) is 1.55. The fourth-order valence-corrected chi connectivity index (χ4v) is 3.85. The Morgan fingerprint density at radius 2 is 1.66 bits per heavy atom. The van der Waals surface area contributed by atoms with E-state index in [9.17, 15) is 13.0 Å². The molecule has 0 aliphatic carbocycles. The van der Waals surface area contributed by atoms with Crippen molar-refractivity contribution in [2.45, 2.75) is 4.90 Å². The van der Waals surface area contributed by atoms with E-state index in [1.165, 1.54) is 6.07 Å². The van der Waals surface area contributed by atoms with E-state index in [-0.39, 0.29) is 45.8 Å². The van der Waals surface area contributed by atoms with E-state index < -0.39 is 10.1 Å². The Morgan fingerprint density at radius 3 is 2.25 bits per heavy atom. The van der Waals surface area contributed by atoms with Gasteiger partial charge in [0, 0.05) is 16.3 Å². The number of hydrogen-bond donors (Lipinski definition) is 2. The summed E-state index contributed by atoms with van der Waals surface area (Å²) in [6.45, 7) is 0. The molecule has 4 aromatic rings. The number of nitrogens with zero attached hydrogens (tertiary/aromatic N) is 3. The molecule has 158 valence electrons. The molecular weight excluding hydrogens is 439 g/mol. The van der Waals surface area contributed by atoms with Gasteiger partial charge in [-0.1, -0.05) is 24.3 Å². The molecule has 0 aliphatic heterocycles. The Bertz CT molecular complexity index is 1390. The van der Waals surface area contributed by atoms with Gasteiger partial charge in [-0.15, -0.1) is 10.2 Å². The third-order valence-electron chi connectivity index (χ3n) is 4.71. The molecule has 0 radical (unpaired) electrons. The number of rotatable bonds is 5. The van der Waals surface area contributed by atoms with Crippen LogP contribution in [0.1, 0.15) is 0 Å². The fraction of sp³-hybridized carbons (Fsp3) is 0.0455. The van der Waals surface area contributed by atoms with Crippen LogP contribution in [0.3, 0.4) is 0 Å². The Hall–Kier alpha value is -2.82. The summed E-state index contributed by atoms with van der Waals surface area (Å²) in [6, 6.07) is 18.8. The van der Waals surface area contributed by atoms with Gasteiger partial charge in [-0.3, -0.25) is 9.54 Å². The van der Waals surface area contributed by atoms with E-state index in [4.69, 9.17) is 10.5 Å². The van der Waals surface area contributed by atoms with Crippen LogP contribution in [0.2, 0.25) is 0 Å². The molecule has 0 fully saturated rings. The number of nitrogens with two attached hydrogens (primary N) is 1. The van der Waals surface area contributed by atoms with Crippen LogP contribution in [-0.2, 0) is 10.1 Å². The first-order valence-corrected chi connectivity index (χ1v) is 10.6. The van der Waals surface area contributed by atoms with Crippen LogP contribution in [0.15, 0.2) is 88.1 Å². The van der Waals surface area contributed by atoms with Crippen molar-refractivity contribution in [2.75, 3.05) is 12.8 Å². The number of azo groups is 1. The summed E-state index contributed by atoms with van der Waals surface area (Å²) in [5.74, 6) is 0.756. The molecule has 8 nitrogen and oxygen atoms in total. The van der Waals surface area contributed by atoms with E-state index in [1.807, 2.05) is 24.3 Å². The minimum atomic E-state index is -4.47. The molecule has 0 spiro atoms. The van der Waals surface area contributed by atoms with Crippen molar-refractivity contribution >= 4 is 67.5 Å². The number of benzene rings is 3. The molecule has 4 rings (SSSR count). The molecule has 3 aromatic carbocycles. The van der Waals surface area contributed by atoms with Gasteiger partial charge in [0.05, 0.1) is 24.7 Å². The van der Waals surface area contributed by atoms with E-state index in [0.29, 0.717) is 16.5 Å². The van der Waals surface area contributed by atoms with Crippen LogP contribution in [0.5, 0.6) is 5.75 Å². The van der Waals surface area contributed by atoms with Gasteiger partial charge in [-0.05, 0) is 42.5 Å². The predicted octanol–water partition coefficient (Wildman–Crippen LogP) is 4.51. The molecule has 0 unspecified atom stereocenters. The molecule has 0 saturated heterocycles. The SMILES string of the molecule is COc1ccc(-c2ccc(N=Nc3cc(S(=O)(=O)O)c4ccccc4c3N)cn2)cc1.[NaH]. The molecule has 0 bridgehead atoms. The Balaban J connectivity index is 0.00000289. The number of aromatic nitrogens is 1. The topological polar surface area (TPSA) is 127 Å². The van der Waals surface area contributed by atoms with E-state index in [0.717, 1.165) is 17.0 Å². The Morgan fingerprint density at radius 1 is 0.969 bits per heavy atom.